The number of amides is 1. The van der Waals surface area contributed by atoms with Crippen molar-refractivity contribution in [1.82, 2.24) is 9.78 Å². The Hall–Kier alpha value is -7.72. The molecule has 1 heterocycles. The van der Waals surface area contributed by atoms with Gasteiger partial charge in [-0.1, -0.05) is 5.04 Å². The second kappa shape index (κ2) is 21.5. The van der Waals surface area contributed by atoms with Crippen LogP contribution >= 0.6 is 12.0 Å². The van der Waals surface area contributed by atoms with Crippen molar-refractivity contribution >= 4 is 89.1 Å². The number of aliphatic hydroxyl groups excluding tert-OH is 2. The number of aromatic hydroxyl groups is 1. The van der Waals surface area contributed by atoms with Gasteiger partial charge < -0.3 is 40.4 Å². The van der Waals surface area contributed by atoms with Gasteiger partial charge in [-0.05, 0) is 60.0 Å². The lowest BCUT2D eigenvalue weighted by Gasteiger charge is -2.13. The minimum absolute atomic E-state index is 0.0104. The molecule has 0 aliphatic rings. The van der Waals surface area contributed by atoms with Crippen LogP contribution in [0.15, 0.2) is 123 Å². The predicted octanol–water partition coefficient (Wildman–Crippen LogP) is 5.74. The second-order valence-electron chi connectivity index (χ2n) is 13.3. The van der Waals surface area contributed by atoms with Crippen molar-refractivity contribution in [3.05, 3.63) is 94.4 Å². The molecule has 0 radical (unpaired) electrons. The Balaban J connectivity index is 1.42. The molecular weight excluding hydrogens is 983 g/mol. The number of benzene rings is 5. The lowest BCUT2D eigenvalue weighted by Crippen LogP contribution is -2.14. The average Bonchev–Trinajstić information content (AvgIpc) is 3.65. The summed E-state index contributed by atoms with van der Waals surface area (Å²) in [6, 6.07) is 13.6. The van der Waals surface area contributed by atoms with Crippen LogP contribution in [0.25, 0.3) is 16.5 Å². The molecule has 0 saturated heterocycles. The Morgan fingerprint density at radius 1 is 0.768 bits per heavy atom. The minimum atomic E-state index is -4.82. The molecule has 28 nitrogen and oxygen atoms in total. The van der Waals surface area contributed by atoms with E-state index in [9.17, 15) is 60.8 Å². The summed E-state index contributed by atoms with van der Waals surface area (Å²) < 4.78 is 88.2. The number of aromatic carboxylic acids is 1. The number of phenols is 1. The number of aromatic nitrogens is 2. The van der Waals surface area contributed by atoms with Crippen molar-refractivity contribution in [2.75, 3.05) is 33.5 Å². The molecule has 0 spiro atoms. The number of hydrogen-bond acceptors (Lipinski definition) is 23. The second-order valence-corrected chi connectivity index (χ2v) is 16.9. The molecule has 69 heavy (non-hydrogen) atoms. The van der Waals surface area contributed by atoms with Crippen molar-refractivity contribution in [3.8, 4) is 28.7 Å². The monoisotopic (exact) mass is 1020 g/mol. The van der Waals surface area contributed by atoms with Gasteiger partial charge in [-0.2, -0.15) is 16.8 Å². The highest BCUT2D eigenvalue weighted by Gasteiger charge is 2.24. The average molecular weight is 1020 g/mol. The molecule has 6 aromatic rings. The number of aromatic amines is 1. The van der Waals surface area contributed by atoms with E-state index in [0.29, 0.717) is 18.1 Å². The molecule has 5 aromatic carbocycles. The van der Waals surface area contributed by atoms with E-state index in [1.54, 1.807) is 0 Å². The Morgan fingerprint density at radius 2 is 1.38 bits per heavy atom. The summed E-state index contributed by atoms with van der Waals surface area (Å²) >= 11 is 0.328. The fraction of sp³-hybridized carbons (Fsp3) is 0.132. The zero-order chi connectivity index (χ0) is 50.2. The fourth-order valence-electron chi connectivity index (χ4n) is 5.96. The van der Waals surface area contributed by atoms with Gasteiger partial charge in [-0.15, -0.1) is 35.0 Å². The maximum absolute atomic E-state index is 13.7. The lowest BCUT2D eigenvalue weighted by molar-refractivity contribution is -0.432. The molecule has 31 heteroatoms. The van der Waals surface area contributed by atoms with Gasteiger partial charge in [-0.25, -0.2) is 14.7 Å². The van der Waals surface area contributed by atoms with Crippen LogP contribution in [0, 0.1) is 0 Å². The standard InChI is InChI=1S/C38H33N9O19S3/c1-62-20-3-6-25(31(14-20)69(59,60)61)41-42-26-16-29(64-11-9-49)27(17-28(26)63-10-8-48)43-44-32-30(67-66-65-55)13-18-12-19(2-5-22(18)35(32)50)47-37(52)34(33(46-47)36(39)51)45-40-24-7-4-21(68(56,57)58)15-23(24)38(53)54/h2-7,12-17,46,48-50,55H,8-11H2,1H3,(H2,39,51)(H,53,54)(H,56,57,58)(H,59,60,61). The first kappa shape index (κ1) is 50.7. The van der Waals surface area contributed by atoms with Gasteiger partial charge >= 0.3 is 5.97 Å². The van der Waals surface area contributed by atoms with Crippen LogP contribution in [0.3, 0.4) is 0 Å². The molecule has 0 fully saturated rings. The van der Waals surface area contributed by atoms with Crippen LogP contribution in [0.2, 0.25) is 0 Å². The quantitative estimate of drug-likeness (QED) is 0.0136. The van der Waals surface area contributed by atoms with E-state index in [1.807, 2.05) is 0 Å². The SMILES string of the molecule is COc1ccc(N=Nc2cc(OCCO)c(N=Nc3c(SOOO)cc4cc(-n5[nH]c(C(N)=O)c(N=Nc6ccc(S(=O)(=O)O)cc6C(=O)O)c5=O)ccc4c3O)cc2OCCO)c(S(=O)(=O)O)c1. The van der Waals surface area contributed by atoms with Crippen LogP contribution in [-0.4, -0.2) is 107 Å². The third-order valence-electron chi connectivity index (χ3n) is 9.02. The van der Waals surface area contributed by atoms with E-state index < -0.39 is 89.1 Å². The van der Waals surface area contributed by atoms with Crippen LogP contribution in [0.1, 0.15) is 20.8 Å². The van der Waals surface area contributed by atoms with Crippen LogP contribution in [0.4, 0.5) is 34.1 Å². The van der Waals surface area contributed by atoms with Crippen molar-refractivity contribution in [2.45, 2.75) is 14.7 Å². The van der Waals surface area contributed by atoms with Crippen LogP contribution in [0.5, 0.6) is 23.0 Å². The maximum Gasteiger partial charge on any atom is 0.338 e. The van der Waals surface area contributed by atoms with Gasteiger partial charge in [0.15, 0.2) is 17.1 Å². The summed E-state index contributed by atoms with van der Waals surface area (Å²) in [5, 5.41) is 79.5. The van der Waals surface area contributed by atoms with Crippen molar-refractivity contribution < 1.29 is 84.8 Å². The zero-order valence-electron chi connectivity index (χ0n) is 34.7. The number of carboxylic acid groups (broad SMARTS) is 1. The van der Waals surface area contributed by atoms with Gasteiger partial charge in [0.2, 0.25) is 0 Å². The molecule has 362 valence electrons. The van der Waals surface area contributed by atoms with E-state index >= 15 is 0 Å². The van der Waals surface area contributed by atoms with E-state index in [2.05, 4.69) is 45.2 Å². The van der Waals surface area contributed by atoms with Gasteiger partial charge in [-0.3, -0.25) is 23.8 Å². The molecule has 6 rings (SSSR count). The van der Waals surface area contributed by atoms with Crippen LogP contribution < -0.4 is 25.5 Å². The highest BCUT2D eigenvalue weighted by atomic mass is 32.2. The number of nitrogens with two attached hydrogens (primary N) is 1. The predicted molar refractivity (Wildman–Crippen MR) is 235 cm³/mol. The maximum atomic E-state index is 13.7. The topological polar surface area (TPSA) is 428 Å². The summed E-state index contributed by atoms with van der Waals surface area (Å²) in [5.41, 5.74) is 1.05. The Labute approximate surface area is 390 Å². The molecule has 1 amide bonds. The molecule has 0 bridgehead atoms. The number of nitrogens with zero attached hydrogens (tertiary/aromatic N) is 7. The molecule has 0 unspecified atom stereocenters. The number of fused-ring (bicyclic) bond motifs is 1. The molecule has 10 N–H and O–H groups in total. The first-order valence-electron chi connectivity index (χ1n) is 18.8. The number of primary amides is 1. The number of azo groups is 3. The molecule has 0 atom stereocenters. The highest BCUT2D eigenvalue weighted by molar-refractivity contribution is 7.94. The number of aliphatic hydroxyl groups is 2. The zero-order valence-corrected chi connectivity index (χ0v) is 37.2. The molecule has 1 aromatic heterocycles. The number of carbonyl (C=O) groups is 2. The number of ether oxygens (including phenoxy) is 3. The minimum Gasteiger partial charge on any atom is -0.505 e. The Morgan fingerprint density at radius 3 is 1.96 bits per heavy atom. The highest BCUT2D eigenvalue weighted by Crippen LogP contribution is 2.47. The summed E-state index contributed by atoms with van der Waals surface area (Å²) in [5.74, 6) is -3.61. The number of carboxylic acids is 1. The van der Waals surface area contributed by atoms with E-state index in [-0.39, 0.29) is 74.6 Å². The van der Waals surface area contributed by atoms with Crippen molar-refractivity contribution in [2.24, 2.45) is 36.4 Å². The normalized spacial score (nSPS) is 12.1. The first-order chi connectivity index (χ1) is 32.8. The van der Waals surface area contributed by atoms with Gasteiger partial charge in [0.1, 0.15) is 63.8 Å². The van der Waals surface area contributed by atoms with E-state index in [1.165, 1.54) is 55.6 Å². The smallest absolute Gasteiger partial charge is 0.338 e. The molecule has 0 aliphatic heterocycles. The largest absolute Gasteiger partial charge is 0.505 e. The number of carbonyl (C=O) groups excluding carboxylic acids is 1. The van der Waals surface area contributed by atoms with E-state index in [4.69, 9.17) is 25.2 Å². The third kappa shape index (κ3) is 11.7. The summed E-state index contributed by atoms with van der Waals surface area (Å²) in [4.78, 5) is 36.5. The summed E-state index contributed by atoms with van der Waals surface area (Å²) in [6.07, 6.45) is 0. The van der Waals surface area contributed by atoms with Crippen molar-refractivity contribution in [3.63, 3.8) is 0 Å². The fourth-order valence-corrected chi connectivity index (χ4v) is 7.60. The number of phenolic OH excluding ortho intramolecular Hbond substituents is 1. The van der Waals surface area contributed by atoms with Gasteiger partial charge in [0.25, 0.3) is 31.7 Å². The number of methoxy groups -OCH3 is 1. The molecule has 0 saturated carbocycles. The Bertz CT molecular complexity index is 3360. The molecular formula is C38H33N9O19S3. The molecule has 0 aliphatic carbocycles. The first-order valence-corrected chi connectivity index (χ1v) is 22.4. The Kier molecular flexibility index (Phi) is 15.8. The van der Waals surface area contributed by atoms with Gasteiger partial charge in [0, 0.05) is 23.6 Å². The van der Waals surface area contributed by atoms with E-state index in [0.717, 1.165) is 22.9 Å². The number of rotatable bonds is 21. The van der Waals surface area contributed by atoms with Crippen LogP contribution in [-0.2, 0) is 29.6 Å². The van der Waals surface area contributed by atoms with Crippen molar-refractivity contribution in [1.29, 1.82) is 0 Å². The lowest BCUT2D eigenvalue weighted by atomic mass is 10.1. The number of H-pyrrole nitrogens is 1. The van der Waals surface area contributed by atoms with Gasteiger partial charge in [0.05, 0.1) is 53.4 Å². The number of hydrogen-bond donors (Lipinski definition) is 9. The summed E-state index contributed by atoms with van der Waals surface area (Å²) in [7, 11) is -8.36. The number of nitrogens with one attached hydrogen (secondary N) is 1. The third-order valence-corrected chi connectivity index (χ3v) is 11.4. The summed E-state index contributed by atoms with van der Waals surface area (Å²) in [6.45, 7) is -1.56.